The highest BCUT2D eigenvalue weighted by Crippen LogP contribution is 2.47. The maximum atomic E-state index is 5.94. The molecule has 0 bridgehead atoms. The first-order chi connectivity index (χ1) is 8.79. The topological polar surface area (TPSA) is 29.3 Å². The van der Waals surface area contributed by atoms with Crippen molar-refractivity contribution >= 4 is 11.3 Å². The van der Waals surface area contributed by atoms with Crippen molar-refractivity contribution in [3.05, 3.63) is 22.4 Å². The Morgan fingerprint density at radius 2 is 2.28 bits per heavy atom. The zero-order valence-electron chi connectivity index (χ0n) is 11.2. The van der Waals surface area contributed by atoms with Gasteiger partial charge in [-0.25, -0.2) is 0 Å². The molecule has 2 fully saturated rings. The SMILES string of the molecule is CC1CCN(C(c2cccs2)C2CC2)CC1CN. The number of nitrogens with two attached hydrogens (primary N) is 1. The van der Waals surface area contributed by atoms with E-state index in [9.17, 15) is 0 Å². The summed E-state index contributed by atoms with van der Waals surface area (Å²) < 4.78 is 0. The molecule has 0 radical (unpaired) electrons. The molecule has 3 unspecified atom stereocenters. The molecule has 1 aromatic heterocycles. The molecular weight excluding hydrogens is 240 g/mol. The van der Waals surface area contributed by atoms with Crippen molar-refractivity contribution in [1.29, 1.82) is 0 Å². The number of nitrogens with zero attached hydrogens (tertiary/aromatic N) is 1. The first-order valence-corrected chi connectivity index (χ1v) is 8.15. The summed E-state index contributed by atoms with van der Waals surface area (Å²) in [5.41, 5.74) is 5.94. The van der Waals surface area contributed by atoms with Gasteiger partial charge in [0.2, 0.25) is 0 Å². The van der Waals surface area contributed by atoms with Gasteiger partial charge in [0.1, 0.15) is 0 Å². The predicted octanol–water partition coefficient (Wildman–Crippen LogP) is 3.12. The van der Waals surface area contributed by atoms with E-state index in [1.807, 2.05) is 11.3 Å². The second-order valence-corrected chi connectivity index (χ2v) is 7.03. The Morgan fingerprint density at radius 1 is 1.44 bits per heavy atom. The first kappa shape index (κ1) is 12.6. The number of likely N-dealkylation sites (tertiary alicyclic amines) is 1. The van der Waals surface area contributed by atoms with Crippen LogP contribution in [0.2, 0.25) is 0 Å². The summed E-state index contributed by atoms with van der Waals surface area (Å²) in [6.45, 7) is 5.68. The van der Waals surface area contributed by atoms with E-state index in [0.717, 1.165) is 18.4 Å². The molecular formula is C15H24N2S. The van der Waals surface area contributed by atoms with Gasteiger partial charge in [-0.05, 0) is 61.6 Å². The number of hydrogen-bond donors (Lipinski definition) is 1. The maximum absolute atomic E-state index is 5.94. The fourth-order valence-corrected chi connectivity index (χ4v) is 4.27. The van der Waals surface area contributed by atoms with Crippen LogP contribution in [0.5, 0.6) is 0 Å². The quantitative estimate of drug-likeness (QED) is 0.905. The van der Waals surface area contributed by atoms with Gasteiger partial charge in [0.15, 0.2) is 0 Å². The molecule has 1 aromatic rings. The van der Waals surface area contributed by atoms with Crippen molar-refractivity contribution in [3.63, 3.8) is 0 Å². The van der Waals surface area contributed by atoms with E-state index in [0.29, 0.717) is 12.0 Å². The van der Waals surface area contributed by atoms with Crippen LogP contribution in [0.25, 0.3) is 0 Å². The van der Waals surface area contributed by atoms with Gasteiger partial charge in [-0.2, -0.15) is 0 Å². The monoisotopic (exact) mass is 264 g/mol. The van der Waals surface area contributed by atoms with Crippen LogP contribution >= 0.6 is 11.3 Å². The average molecular weight is 264 g/mol. The van der Waals surface area contributed by atoms with E-state index in [4.69, 9.17) is 5.73 Å². The Morgan fingerprint density at radius 3 is 2.89 bits per heavy atom. The van der Waals surface area contributed by atoms with Crippen molar-refractivity contribution in [2.24, 2.45) is 23.5 Å². The minimum Gasteiger partial charge on any atom is -0.330 e. The Balaban J connectivity index is 1.75. The highest BCUT2D eigenvalue weighted by Gasteiger charge is 2.39. The third-order valence-corrected chi connectivity index (χ3v) is 5.69. The molecule has 3 atom stereocenters. The third-order valence-electron chi connectivity index (χ3n) is 4.74. The largest absolute Gasteiger partial charge is 0.330 e. The van der Waals surface area contributed by atoms with E-state index in [1.165, 1.54) is 32.4 Å². The third kappa shape index (κ3) is 2.49. The minimum absolute atomic E-state index is 0.687. The van der Waals surface area contributed by atoms with Crippen LogP contribution in [0.4, 0.5) is 0 Å². The van der Waals surface area contributed by atoms with Gasteiger partial charge >= 0.3 is 0 Å². The molecule has 1 saturated heterocycles. The molecule has 1 aliphatic heterocycles. The normalized spacial score (nSPS) is 31.4. The van der Waals surface area contributed by atoms with Crippen molar-refractivity contribution in [3.8, 4) is 0 Å². The highest BCUT2D eigenvalue weighted by molar-refractivity contribution is 7.10. The van der Waals surface area contributed by atoms with Crippen LogP contribution in [0.3, 0.4) is 0 Å². The molecule has 100 valence electrons. The van der Waals surface area contributed by atoms with E-state index in [1.54, 1.807) is 4.88 Å². The molecule has 2 nitrogen and oxygen atoms in total. The molecule has 18 heavy (non-hydrogen) atoms. The molecule has 2 heterocycles. The Labute approximate surface area is 114 Å². The van der Waals surface area contributed by atoms with Crippen molar-refractivity contribution in [1.82, 2.24) is 4.90 Å². The molecule has 0 spiro atoms. The van der Waals surface area contributed by atoms with Gasteiger partial charge in [-0.1, -0.05) is 13.0 Å². The predicted molar refractivity (Wildman–Crippen MR) is 77.7 cm³/mol. The smallest absolute Gasteiger partial charge is 0.0469 e. The second kappa shape index (κ2) is 5.32. The fourth-order valence-electron chi connectivity index (χ4n) is 3.32. The van der Waals surface area contributed by atoms with Gasteiger partial charge in [-0.15, -0.1) is 11.3 Å². The number of rotatable bonds is 4. The van der Waals surface area contributed by atoms with Crippen LogP contribution in [0.15, 0.2) is 17.5 Å². The summed E-state index contributed by atoms with van der Waals surface area (Å²) in [5.74, 6) is 2.41. The molecule has 3 heteroatoms. The molecule has 2 N–H and O–H groups in total. The highest BCUT2D eigenvalue weighted by atomic mass is 32.1. The summed E-state index contributed by atoms with van der Waals surface area (Å²) in [5, 5.41) is 2.22. The average Bonchev–Trinajstić information content (AvgIpc) is 3.06. The van der Waals surface area contributed by atoms with Crippen molar-refractivity contribution < 1.29 is 0 Å². The molecule has 3 rings (SSSR count). The van der Waals surface area contributed by atoms with E-state index < -0.39 is 0 Å². The number of piperidine rings is 1. The summed E-state index contributed by atoms with van der Waals surface area (Å²) >= 11 is 1.93. The Kier molecular flexibility index (Phi) is 3.73. The zero-order valence-corrected chi connectivity index (χ0v) is 12.0. The maximum Gasteiger partial charge on any atom is 0.0469 e. The zero-order chi connectivity index (χ0) is 12.5. The summed E-state index contributed by atoms with van der Waals surface area (Å²) in [4.78, 5) is 4.30. The standard InChI is InChI=1S/C15H24N2S/c1-11-6-7-17(10-13(11)9-16)15(12-4-5-12)14-3-2-8-18-14/h2-3,8,11-13,15H,4-7,9-10,16H2,1H3. The van der Waals surface area contributed by atoms with E-state index >= 15 is 0 Å². The van der Waals surface area contributed by atoms with Crippen LogP contribution < -0.4 is 5.73 Å². The lowest BCUT2D eigenvalue weighted by molar-refractivity contribution is 0.0821. The molecule has 1 aliphatic carbocycles. The minimum atomic E-state index is 0.687. The molecule has 0 aromatic carbocycles. The van der Waals surface area contributed by atoms with E-state index in [-0.39, 0.29) is 0 Å². The lowest BCUT2D eigenvalue weighted by Gasteiger charge is -2.41. The summed E-state index contributed by atoms with van der Waals surface area (Å²) in [6, 6.07) is 5.21. The number of hydrogen-bond acceptors (Lipinski definition) is 3. The van der Waals surface area contributed by atoms with Gasteiger partial charge < -0.3 is 5.73 Å². The lowest BCUT2D eigenvalue weighted by Crippen LogP contribution is -2.44. The summed E-state index contributed by atoms with van der Waals surface area (Å²) in [7, 11) is 0. The molecule has 1 saturated carbocycles. The van der Waals surface area contributed by atoms with Crippen LogP contribution in [-0.2, 0) is 0 Å². The van der Waals surface area contributed by atoms with Gasteiger partial charge in [0, 0.05) is 17.5 Å². The lowest BCUT2D eigenvalue weighted by atomic mass is 9.86. The Bertz CT molecular complexity index is 372. The van der Waals surface area contributed by atoms with E-state index in [2.05, 4.69) is 29.3 Å². The Hall–Kier alpha value is -0.380. The first-order valence-electron chi connectivity index (χ1n) is 7.27. The van der Waals surface area contributed by atoms with Crippen molar-refractivity contribution in [2.45, 2.75) is 32.2 Å². The van der Waals surface area contributed by atoms with Gasteiger partial charge in [0.05, 0.1) is 0 Å². The van der Waals surface area contributed by atoms with Crippen LogP contribution in [0, 0.1) is 17.8 Å². The molecule has 2 aliphatic rings. The molecule has 0 amide bonds. The van der Waals surface area contributed by atoms with Crippen LogP contribution in [-0.4, -0.2) is 24.5 Å². The van der Waals surface area contributed by atoms with Crippen LogP contribution in [0.1, 0.15) is 37.1 Å². The fraction of sp³-hybridized carbons (Fsp3) is 0.733. The number of thiophene rings is 1. The second-order valence-electron chi connectivity index (χ2n) is 6.05. The van der Waals surface area contributed by atoms with Gasteiger partial charge in [-0.3, -0.25) is 4.90 Å². The van der Waals surface area contributed by atoms with Crippen molar-refractivity contribution in [2.75, 3.05) is 19.6 Å². The summed E-state index contributed by atoms with van der Waals surface area (Å²) in [6.07, 6.45) is 4.15. The van der Waals surface area contributed by atoms with Gasteiger partial charge in [0.25, 0.3) is 0 Å².